The average Bonchev–Trinajstić information content (AvgIpc) is 2.59. The number of ether oxygens (including phenoxy) is 4. The molecule has 140 valence electrons. The maximum absolute atomic E-state index is 12.3. The summed E-state index contributed by atoms with van der Waals surface area (Å²) < 4.78 is 18.7. The smallest absolute Gasteiger partial charge is 0.351 e. The monoisotopic (exact) mass is 357 g/mol. The van der Waals surface area contributed by atoms with Crippen LogP contribution < -0.4 is 0 Å². The highest BCUT2D eigenvalue weighted by molar-refractivity contribution is 6.36. The van der Waals surface area contributed by atoms with E-state index in [2.05, 4.69) is 20.8 Å². The summed E-state index contributed by atoms with van der Waals surface area (Å²) in [6, 6.07) is 0. The molecule has 0 saturated carbocycles. The van der Waals surface area contributed by atoms with Crippen LogP contribution in [-0.4, -0.2) is 57.0 Å². The van der Waals surface area contributed by atoms with Gasteiger partial charge in [-0.3, -0.25) is 15.0 Å². The Bertz CT molecular complexity index is 516. The molecule has 0 aromatic rings. The van der Waals surface area contributed by atoms with Crippen LogP contribution in [0.1, 0.15) is 26.7 Å². The van der Waals surface area contributed by atoms with Crippen molar-refractivity contribution < 1.29 is 38.1 Å². The van der Waals surface area contributed by atoms with Gasteiger partial charge in [-0.05, 0) is 13.8 Å². The van der Waals surface area contributed by atoms with Gasteiger partial charge in [0, 0.05) is 18.4 Å². The molecule has 0 aromatic heterocycles. The normalized spacial score (nSPS) is 10.4. The van der Waals surface area contributed by atoms with Crippen molar-refractivity contribution in [3.05, 3.63) is 12.2 Å². The van der Waals surface area contributed by atoms with Crippen molar-refractivity contribution in [3.63, 3.8) is 0 Å². The van der Waals surface area contributed by atoms with Gasteiger partial charge < -0.3 is 18.9 Å². The minimum atomic E-state index is -2.13. The van der Waals surface area contributed by atoms with Crippen LogP contribution in [0.2, 0.25) is 0 Å². The predicted octanol–water partition coefficient (Wildman–Crippen LogP) is 0.801. The van der Waals surface area contributed by atoms with Gasteiger partial charge >= 0.3 is 23.9 Å². The molecule has 0 unspecified atom stereocenters. The van der Waals surface area contributed by atoms with Gasteiger partial charge in [0.05, 0.1) is 27.4 Å². The Labute approximate surface area is 145 Å². The van der Waals surface area contributed by atoms with Crippen molar-refractivity contribution in [3.8, 4) is 0 Å². The minimum absolute atomic E-state index is 0.0141. The zero-order valence-electron chi connectivity index (χ0n) is 14.8. The average molecular weight is 357 g/mol. The Morgan fingerprint density at radius 3 is 1.72 bits per heavy atom. The second-order valence-corrected chi connectivity index (χ2v) is 4.94. The third-order valence-corrected chi connectivity index (χ3v) is 3.23. The number of hydrogen-bond acceptors (Lipinski definition) is 9. The molecule has 0 aromatic carbocycles. The van der Waals surface area contributed by atoms with E-state index in [0.717, 1.165) is 14.2 Å². The van der Waals surface area contributed by atoms with E-state index in [4.69, 9.17) is 10.1 Å². The first-order valence-electron chi connectivity index (χ1n) is 7.46. The molecule has 0 rings (SSSR count). The zero-order chi connectivity index (χ0) is 19.6. The summed E-state index contributed by atoms with van der Waals surface area (Å²) in [5.41, 5.74) is -2.97. The van der Waals surface area contributed by atoms with Crippen LogP contribution in [0.4, 0.5) is 0 Å². The Balaban J connectivity index is 5.82. The molecule has 9 nitrogen and oxygen atoms in total. The highest BCUT2D eigenvalue weighted by Gasteiger charge is 2.51. The quantitative estimate of drug-likeness (QED) is 0.200. The Hall–Kier alpha value is -2.71. The molecular formula is C16H23NO8. The summed E-state index contributed by atoms with van der Waals surface area (Å²) in [5.74, 6) is -3.96. The first kappa shape index (κ1) is 22.3. The lowest BCUT2D eigenvalue weighted by Crippen LogP contribution is -2.45. The highest BCUT2D eigenvalue weighted by atomic mass is 16.6. The molecule has 0 aliphatic rings. The van der Waals surface area contributed by atoms with Crippen molar-refractivity contribution in [1.29, 1.82) is 5.41 Å². The summed E-state index contributed by atoms with van der Waals surface area (Å²) in [7, 11) is 2.06. The molecule has 0 fully saturated rings. The standard InChI is InChI=1S/C16H23NO8/c1-6-24-12(18)10(3)8-16(14(20)22-4,15(21)23-5)9-11(17)13(19)25-7-2/h17H,3,6-9H2,1-2,4-5H3. The van der Waals surface area contributed by atoms with Gasteiger partial charge in [-0.15, -0.1) is 0 Å². The summed E-state index contributed by atoms with van der Waals surface area (Å²) in [4.78, 5) is 48.1. The van der Waals surface area contributed by atoms with Crippen LogP contribution in [0.25, 0.3) is 0 Å². The first-order chi connectivity index (χ1) is 11.7. The van der Waals surface area contributed by atoms with Crippen molar-refractivity contribution in [2.75, 3.05) is 27.4 Å². The van der Waals surface area contributed by atoms with E-state index < -0.39 is 47.8 Å². The van der Waals surface area contributed by atoms with E-state index in [1.807, 2.05) is 0 Å². The topological polar surface area (TPSA) is 129 Å². The summed E-state index contributed by atoms with van der Waals surface area (Å²) in [6.45, 7) is 6.71. The van der Waals surface area contributed by atoms with Crippen LogP contribution in [0.3, 0.4) is 0 Å². The maximum atomic E-state index is 12.3. The van der Waals surface area contributed by atoms with Crippen LogP contribution in [0.15, 0.2) is 12.2 Å². The van der Waals surface area contributed by atoms with Crippen LogP contribution in [-0.2, 0) is 38.1 Å². The Kier molecular flexibility index (Phi) is 9.11. The first-order valence-corrected chi connectivity index (χ1v) is 7.46. The minimum Gasteiger partial charge on any atom is -0.468 e. The number of nitrogens with one attached hydrogen (secondary N) is 1. The zero-order valence-corrected chi connectivity index (χ0v) is 14.8. The summed E-state index contributed by atoms with van der Waals surface area (Å²) in [6.07, 6.45) is -1.21. The third kappa shape index (κ3) is 5.70. The second kappa shape index (κ2) is 10.2. The fourth-order valence-electron chi connectivity index (χ4n) is 2.09. The third-order valence-electron chi connectivity index (χ3n) is 3.23. The van der Waals surface area contributed by atoms with Crippen LogP contribution in [0.5, 0.6) is 0 Å². The molecule has 0 bridgehead atoms. The lowest BCUT2D eigenvalue weighted by molar-refractivity contribution is -0.168. The molecule has 0 radical (unpaired) electrons. The summed E-state index contributed by atoms with van der Waals surface area (Å²) in [5, 5.41) is 7.79. The molecule has 0 atom stereocenters. The number of carbonyl (C=O) groups is 4. The lowest BCUT2D eigenvalue weighted by atomic mass is 9.77. The van der Waals surface area contributed by atoms with E-state index in [1.165, 1.54) is 0 Å². The number of esters is 4. The van der Waals surface area contributed by atoms with Gasteiger partial charge in [-0.25, -0.2) is 9.59 Å². The van der Waals surface area contributed by atoms with Gasteiger partial charge in [-0.1, -0.05) is 6.58 Å². The van der Waals surface area contributed by atoms with Gasteiger partial charge in [0.1, 0.15) is 5.71 Å². The molecule has 25 heavy (non-hydrogen) atoms. The van der Waals surface area contributed by atoms with E-state index in [-0.39, 0.29) is 18.8 Å². The molecule has 0 amide bonds. The predicted molar refractivity (Wildman–Crippen MR) is 85.8 cm³/mol. The van der Waals surface area contributed by atoms with E-state index >= 15 is 0 Å². The largest absolute Gasteiger partial charge is 0.468 e. The molecule has 1 N–H and O–H groups in total. The second-order valence-electron chi connectivity index (χ2n) is 4.94. The van der Waals surface area contributed by atoms with Gasteiger partial charge in [0.15, 0.2) is 5.41 Å². The van der Waals surface area contributed by atoms with Crippen molar-refractivity contribution in [2.45, 2.75) is 26.7 Å². The maximum Gasteiger partial charge on any atom is 0.351 e. The van der Waals surface area contributed by atoms with E-state index in [9.17, 15) is 19.2 Å². The van der Waals surface area contributed by atoms with Crippen LogP contribution in [0, 0.1) is 10.8 Å². The van der Waals surface area contributed by atoms with Crippen LogP contribution >= 0.6 is 0 Å². The number of carbonyl (C=O) groups excluding carboxylic acids is 4. The van der Waals surface area contributed by atoms with Crippen molar-refractivity contribution in [1.82, 2.24) is 0 Å². The van der Waals surface area contributed by atoms with Gasteiger partial charge in [0.2, 0.25) is 0 Å². The van der Waals surface area contributed by atoms with E-state index in [1.54, 1.807) is 13.8 Å². The molecule has 0 saturated heterocycles. The Morgan fingerprint density at radius 2 is 1.32 bits per heavy atom. The fraction of sp³-hybridized carbons (Fsp3) is 0.562. The number of hydrogen-bond donors (Lipinski definition) is 1. The summed E-state index contributed by atoms with van der Waals surface area (Å²) >= 11 is 0. The molecular weight excluding hydrogens is 334 g/mol. The molecule has 0 spiro atoms. The SMILES string of the molecule is C=C(CC(CC(=N)C(=O)OCC)(C(=O)OC)C(=O)OC)C(=O)OCC. The number of methoxy groups -OCH3 is 2. The van der Waals surface area contributed by atoms with Crippen molar-refractivity contribution >= 4 is 29.6 Å². The van der Waals surface area contributed by atoms with Crippen molar-refractivity contribution in [2.24, 2.45) is 5.41 Å². The Morgan fingerprint density at radius 1 is 0.880 bits per heavy atom. The molecule has 0 aliphatic heterocycles. The van der Waals surface area contributed by atoms with E-state index in [0.29, 0.717) is 0 Å². The molecule has 0 aliphatic carbocycles. The number of rotatable bonds is 10. The fourth-order valence-corrected chi connectivity index (χ4v) is 2.09. The van der Waals surface area contributed by atoms with Gasteiger partial charge in [-0.2, -0.15) is 0 Å². The van der Waals surface area contributed by atoms with Gasteiger partial charge in [0.25, 0.3) is 0 Å². The lowest BCUT2D eigenvalue weighted by Gasteiger charge is -2.28. The molecule has 9 heteroatoms. The highest BCUT2D eigenvalue weighted by Crippen LogP contribution is 2.34. The molecule has 0 heterocycles.